The van der Waals surface area contributed by atoms with Gasteiger partial charge in [-0.1, -0.05) is 29.4 Å². The molecule has 0 spiro atoms. The number of rotatable bonds is 3. The Bertz CT molecular complexity index is 717. The van der Waals surface area contributed by atoms with Crippen LogP contribution >= 0.6 is 0 Å². The van der Waals surface area contributed by atoms with Crippen molar-refractivity contribution in [3.8, 4) is 0 Å². The van der Waals surface area contributed by atoms with E-state index in [0.717, 1.165) is 11.1 Å². The fraction of sp³-hybridized carbons (Fsp3) is 0.294. The maximum Gasteiger partial charge on any atom is 0.275 e. The zero-order valence-corrected chi connectivity index (χ0v) is 12.9. The van der Waals surface area contributed by atoms with E-state index < -0.39 is 5.60 Å². The molecule has 114 valence electrons. The van der Waals surface area contributed by atoms with Crippen molar-refractivity contribution in [2.75, 3.05) is 0 Å². The molecule has 0 saturated carbocycles. The quantitative estimate of drug-likeness (QED) is 0.875. The molecule has 22 heavy (non-hydrogen) atoms. The van der Waals surface area contributed by atoms with E-state index in [-0.39, 0.29) is 5.91 Å². The van der Waals surface area contributed by atoms with E-state index in [9.17, 15) is 4.79 Å². The van der Waals surface area contributed by atoms with Crippen LogP contribution in [-0.4, -0.2) is 22.2 Å². The molecular weight excluding hydrogens is 280 g/mol. The standard InChI is InChI=1S/C17H18N2O3/c1-12-7-4-5-8-13(12)11-19-15(14-9-6-10-21-14)18-22-17(2,3)16(19)20/h4-10H,11H2,1-3H3. The van der Waals surface area contributed by atoms with Crippen LogP contribution in [0.3, 0.4) is 0 Å². The van der Waals surface area contributed by atoms with Gasteiger partial charge < -0.3 is 9.25 Å². The molecule has 0 unspecified atom stereocenters. The van der Waals surface area contributed by atoms with Crippen LogP contribution < -0.4 is 0 Å². The van der Waals surface area contributed by atoms with Crippen molar-refractivity contribution in [3.63, 3.8) is 0 Å². The number of oxime groups is 1. The smallest absolute Gasteiger partial charge is 0.275 e. The van der Waals surface area contributed by atoms with Gasteiger partial charge >= 0.3 is 0 Å². The molecular formula is C17H18N2O3. The van der Waals surface area contributed by atoms with E-state index in [1.807, 2.05) is 31.2 Å². The van der Waals surface area contributed by atoms with Crippen molar-refractivity contribution in [2.24, 2.45) is 5.16 Å². The maximum absolute atomic E-state index is 12.7. The Morgan fingerprint density at radius 3 is 2.64 bits per heavy atom. The minimum Gasteiger partial charge on any atom is -0.461 e. The predicted octanol–water partition coefficient (Wildman–Crippen LogP) is 3.09. The van der Waals surface area contributed by atoms with Gasteiger partial charge in [0.15, 0.2) is 5.76 Å². The highest BCUT2D eigenvalue weighted by molar-refractivity contribution is 6.09. The van der Waals surface area contributed by atoms with Crippen molar-refractivity contribution in [1.82, 2.24) is 4.90 Å². The SMILES string of the molecule is Cc1ccccc1CN1C(=O)C(C)(C)ON=C1c1ccco1. The highest BCUT2D eigenvalue weighted by Crippen LogP contribution is 2.25. The lowest BCUT2D eigenvalue weighted by Gasteiger charge is -2.34. The first-order valence-electron chi connectivity index (χ1n) is 7.15. The highest BCUT2D eigenvalue weighted by atomic mass is 16.7. The van der Waals surface area contributed by atoms with Crippen LogP contribution in [0.15, 0.2) is 52.2 Å². The summed E-state index contributed by atoms with van der Waals surface area (Å²) >= 11 is 0. The summed E-state index contributed by atoms with van der Waals surface area (Å²) in [6.45, 7) is 5.87. The minimum atomic E-state index is -0.987. The molecule has 0 fully saturated rings. The van der Waals surface area contributed by atoms with Crippen LogP contribution in [0.5, 0.6) is 0 Å². The monoisotopic (exact) mass is 298 g/mol. The first-order valence-corrected chi connectivity index (χ1v) is 7.15. The number of benzene rings is 1. The van der Waals surface area contributed by atoms with Gasteiger partial charge in [-0.15, -0.1) is 0 Å². The lowest BCUT2D eigenvalue weighted by Crippen LogP contribution is -2.52. The summed E-state index contributed by atoms with van der Waals surface area (Å²) in [5, 5.41) is 4.11. The second-order valence-electron chi connectivity index (χ2n) is 5.81. The molecule has 0 bridgehead atoms. The Labute approximate surface area is 129 Å². The molecule has 2 heterocycles. The summed E-state index contributed by atoms with van der Waals surface area (Å²) in [6, 6.07) is 11.5. The Morgan fingerprint density at radius 2 is 1.95 bits per heavy atom. The maximum atomic E-state index is 12.7. The Kier molecular flexibility index (Phi) is 3.48. The molecule has 0 aliphatic carbocycles. The normalized spacial score (nSPS) is 17.1. The largest absolute Gasteiger partial charge is 0.461 e. The molecule has 2 aromatic rings. The predicted molar refractivity (Wildman–Crippen MR) is 82.1 cm³/mol. The van der Waals surface area contributed by atoms with Gasteiger partial charge in [0, 0.05) is 0 Å². The molecule has 1 aromatic carbocycles. The fourth-order valence-corrected chi connectivity index (χ4v) is 2.36. The summed E-state index contributed by atoms with van der Waals surface area (Å²) in [4.78, 5) is 19.7. The van der Waals surface area contributed by atoms with Gasteiger partial charge in [0.25, 0.3) is 5.91 Å². The molecule has 0 N–H and O–H groups in total. The van der Waals surface area contributed by atoms with Crippen molar-refractivity contribution in [2.45, 2.75) is 32.9 Å². The molecule has 5 nitrogen and oxygen atoms in total. The number of nitrogens with zero attached hydrogens (tertiary/aromatic N) is 2. The number of carbonyl (C=O) groups excluding carboxylic acids is 1. The lowest BCUT2D eigenvalue weighted by molar-refractivity contribution is -0.155. The first-order chi connectivity index (χ1) is 10.5. The van der Waals surface area contributed by atoms with Gasteiger partial charge in [-0.2, -0.15) is 0 Å². The fourth-order valence-electron chi connectivity index (χ4n) is 2.36. The van der Waals surface area contributed by atoms with E-state index >= 15 is 0 Å². The Morgan fingerprint density at radius 1 is 1.18 bits per heavy atom. The van der Waals surface area contributed by atoms with Crippen LogP contribution in [0.4, 0.5) is 0 Å². The average Bonchev–Trinajstić information content (AvgIpc) is 3.00. The van der Waals surface area contributed by atoms with E-state index in [0.29, 0.717) is 18.1 Å². The number of hydrogen-bond acceptors (Lipinski definition) is 4. The third-order valence-corrected chi connectivity index (χ3v) is 3.71. The van der Waals surface area contributed by atoms with Crippen molar-refractivity contribution in [3.05, 3.63) is 59.5 Å². The second kappa shape index (κ2) is 5.33. The van der Waals surface area contributed by atoms with E-state index in [2.05, 4.69) is 5.16 Å². The summed E-state index contributed by atoms with van der Waals surface area (Å²) in [6.07, 6.45) is 1.55. The summed E-state index contributed by atoms with van der Waals surface area (Å²) in [5.41, 5.74) is 1.20. The third kappa shape index (κ3) is 2.50. The summed E-state index contributed by atoms with van der Waals surface area (Å²) in [5.74, 6) is 0.771. The van der Waals surface area contributed by atoms with Gasteiger partial charge in [0.2, 0.25) is 11.4 Å². The average molecular weight is 298 g/mol. The number of carbonyl (C=O) groups is 1. The number of aryl methyl sites for hydroxylation is 1. The van der Waals surface area contributed by atoms with Gasteiger partial charge in [-0.05, 0) is 44.0 Å². The van der Waals surface area contributed by atoms with Gasteiger partial charge in [0.05, 0.1) is 12.8 Å². The highest BCUT2D eigenvalue weighted by Gasteiger charge is 2.42. The lowest BCUT2D eigenvalue weighted by atomic mass is 10.0. The molecule has 1 aliphatic rings. The zero-order valence-electron chi connectivity index (χ0n) is 12.9. The number of hydrogen-bond donors (Lipinski definition) is 0. The molecule has 5 heteroatoms. The molecule has 1 aliphatic heterocycles. The molecule has 0 saturated heterocycles. The van der Waals surface area contributed by atoms with Crippen molar-refractivity contribution in [1.29, 1.82) is 0 Å². The number of amides is 1. The van der Waals surface area contributed by atoms with Gasteiger partial charge in [-0.3, -0.25) is 9.69 Å². The van der Waals surface area contributed by atoms with Gasteiger partial charge in [0.1, 0.15) is 0 Å². The molecule has 0 radical (unpaired) electrons. The van der Waals surface area contributed by atoms with Crippen LogP contribution in [0.2, 0.25) is 0 Å². The molecule has 3 rings (SSSR count). The van der Waals surface area contributed by atoms with Crippen LogP contribution in [-0.2, 0) is 16.2 Å². The van der Waals surface area contributed by atoms with E-state index in [1.54, 1.807) is 37.1 Å². The molecule has 0 atom stereocenters. The Hall–Kier alpha value is -2.56. The number of furan rings is 1. The van der Waals surface area contributed by atoms with Crippen LogP contribution in [0.25, 0.3) is 0 Å². The summed E-state index contributed by atoms with van der Waals surface area (Å²) < 4.78 is 5.38. The van der Waals surface area contributed by atoms with E-state index in [1.165, 1.54) is 0 Å². The third-order valence-electron chi connectivity index (χ3n) is 3.71. The van der Waals surface area contributed by atoms with E-state index in [4.69, 9.17) is 9.25 Å². The topological polar surface area (TPSA) is 55.0 Å². The van der Waals surface area contributed by atoms with Crippen LogP contribution in [0, 0.1) is 6.92 Å². The first kappa shape index (κ1) is 14.4. The Balaban J connectivity index is 2.00. The zero-order chi connectivity index (χ0) is 15.7. The van der Waals surface area contributed by atoms with Crippen LogP contribution in [0.1, 0.15) is 30.7 Å². The molecule has 1 aromatic heterocycles. The van der Waals surface area contributed by atoms with Crippen molar-refractivity contribution < 1.29 is 14.0 Å². The van der Waals surface area contributed by atoms with Crippen molar-refractivity contribution >= 4 is 11.7 Å². The second-order valence-corrected chi connectivity index (χ2v) is 5.81. The molecule has 1 amide bonds. The minimum absolute atomic E-state index is 0.142. The number of amidine groups is 1. The van der Waals surface area contributed by atoms with Gasteiger partial charge in [-0.25, -0.2) is 0 Å². The summed E-state index contributed by atoms with van der Waals surface area (Å²) in [7, 11) is 0.